The van der Waals surface area contributed by atoms with E-state index in [1.165, 1.54) is 0 Å². The van der Waals surface area contributed by atoms with Gasteiger partial charge >= 0.3 is 0 Å². The van der Waals surface area contributed by atoms with Crippen molar-refractivity contribution in [1.82, 2.24) is 19.9 Å². The lowest BCUT2D eigenvalue weighted by atomic mass is 10.2. The van der Waals surface area contributed by atoms with Crippen molar-refractivity contribution in [3.63, 3.8) is 0 Å². The maximum absolute atomic E-state index is 12.9. The number of carbonyl (C=O) groups is 1. The van der Waals surface area contributed by atoms with Crippen LogP contribution >= 0.6 is 11.3 Å². The molecule has 0 aliphatic carbocycles. The van der Waals surface area contributed by atoms with Crippen molar-refractivity contribution in [1.29, 1.82) is 0 Å². The first kappa shape index (κ1) is 21.7. The minimum atomic E-state index is -0.0392. The summed E-state index contributed by atoms with van der Waals surface area (Å²) in [6.07, 6.45) is 6.23. The molecule has 164 valence electrons. The summed E-state index contributed by atoms with van der Waals surface area (Å²) in [5, 5.41) is 6.07. The van der Waals surface area contributed by atoms with Crippen molar-refractivity contribution in [2.75, 3.05) is 13.2 Å². The van der Waals surface area contributed by atoms with Crippen LogP contribution in [0.5, 0.6) is 0 Å². The fourth-order valence-corrected chi connectivity index (χ4v) is 4.72. The molecule has 0 saturated carbocycles. The average molecular weight is 439 g/mol. The number of amides is 1. The van der Waals surface area contributed by atoms with Crippen molar-refractivity contribution in [3.05, 3.63) is 46.7 Å². The quantitative estimate of drug-likeness (QED) is 0.537. The lowest BCUT2D eigenvalue weighted by molar-refractivity contribution is 0.0857. The standard InChI is InChI=1S/C24H30N4O2S/c1-4-5-10-28-17(3)20(23(29)26-14-19-7-6-11-30-19)12-22(28)21-15-31-24(27-21)18-9-8-16(2)25-13-18/h8-9,12-13,15,19H,4-7,10-11,14H2,1-3H3,(H,26,29). The Balaban J connectivity index is 1.61. The highest BCUT2D eigenvalue weighted by Gasteiger charge is 2.22. The molecule has 3 aromatic heterocycles. The van der Waals surface area contributed by atoms with Gasteiger partial charge in [0.1, 0.15) is 5.01 Å². The third-order valence-corrected chi connectivity index (χ3v) is 6.68. The number of carbonyl (C=O) groups excluding carboxylic acids is 1. The number of nitrogens with zero attached hydrogens (tertiary/aromatic N) is 3. The first-order valence-corrected chi connectivity index (χ1v) is 11.9. The number of aryl methyl sites for hydroxylation is 1. The van der Waals surface area contributed by atoms with Crippen LogP contribution in [0, 0.1) is 13.8 Å². The predicted octanol–water partition coefficient (Wildman–Crippen LogP) is 5.00. The smallest absolute Gasteiger partial charge is 0.253 e. The van der Waals surface area contributed by atoms with Gasteiger partial charge < -0.3 is 14.6 Å². The molecule has 7 heteroatoms. The van der Waals surface area contributed by atoms with Gasteiger partial charge in [-0.25, -0.2) is 4.98 Å². The SMILES string of the molecule is CCCCn1c(-c2csc(-c3ccc(C)nc3)n2)cc(C(=O)NCC2CCCO2)c1C. The van der Waals surface area contributed by atoms with Gasteiger partial charge in [-0.15, -0.1) is 11.3 Å². The van der Waals surface area contributed by atoms with E-state index in [0.717, 1.165) is 77.7 Å². The Morgan fingerprint density at radius 1 is 1.35 bits per heavy atom. The second-order valence-corrected chi connectivity index (χ2v) is 8.96. The van der Waals surface area contributed by atoms with Gasteiger partial charge in [-0.2, -0.15) is 0 Å². The summed E-state index contributed by atoms with van der Waals surface area (Å²) >= 11 is 1.60. The summed E-state index contributed by atoms with van der Waals surface area (Å²) in [7, 11) is 0. The van der Waals surface area contributed by atoms with Crippen LogP contribution in [0.1, 0.15) is 54.4 Å². The molecule has 0 radical (unpaired) electrons. The molecule has 1 unspecified atom stereocenters. The third kappa shape index (κ3) is 4.88. The summed E-state index contributed by atoms with van der Waals surface area (Å²) < 4.78 is 7.87. The molecule has 0 bridgehead atoms. The lowest BCUT2D eigenvalue weighted by Crippen LogP contribution is -2.32. The topological polar surface area (TPSA) is 69.0 Å². The van der Waals surface area contributed by atoms with E-state index >= 15 is 0 Å². The van der Waals surface area contributed by atoms with Gasteiger partial charge in [0, 0.05) is 48.2 Å². The second kappa shape index (κ2) is 9.75. The summed E-state index contributed by atoms with van der Waals surface area (Å²) in [4.78, 5) is 22.2. The molecular weight excluding hydrogens is 408 g/mol. The Kier molecular flexibility index (Phi) is 6.83. The van der Waals surface area contributed by atoms with Gasteiger partial charge in [0.15, 0.2) is 0 Å². The van der Waals surface area contributed by atoms with Gasteiger partial charge in [-0.3, -0.25) is 9.78 Å². The van der Waals surface area contributed by atoms with E-state index in [2.05, 4.69) is 33.2 Å². The zero-order chi connectivity index (χ0) is 21.8. The first-order valence-electron chi connectivity index (χ1n) is 11.1. The number of rotatable bonds is 8. The van der Waals surface area contributed by atoms with Crippen LogP contribution < -0.4 is 5.32 Å². The minimum absolute atomic E-state index is 0.0392. The van der Waals surface area contributed by atoms with Crippen molar-refractivity contribution in [2.24, 2.45) is 0 Å². The number of unbranched alkanes of at least 4 members (excludes halogenated alkanes) is 1. The van der Waals surface area contributed by atoms with Gasteiger partial charge in [0.25, 0.3) is 5.91 Å². The van der Waals surface area contributed by atoms with Crippen LogP contribution in [-0.2, 0) is 11.3 Å². The molecule has 1 aliphatic heterocycles. The van der Waals surface area contributed by atoms with Crippen molar-refractivity contribution < 1.29 is 9.53 Å². The largest absolute Gasteiger partial charge is 0.376 e. The molecule has 0 spiro atoms. The monoisotopic (exact) mass is 438 g/mol. The molecule has 6 nitrogen and oxygen atoms in total. The molecule has 4 rings (SSSR count). The summed E-state index contributed by atoms with van der Waals surface area (Å²) in [5.41, 5.74) is 5.60. The predicted molar refractivity (Wildman–Crippen MR) is 124 cm³/mol. The molecule has 1 saturated heterocycles. The summed E-state index contributed by atoms with van der Waals surface area (Å²) in [5.74, 6) is -0.0392. The number of hydrogen-bond acceptors (Lipinski definition) is 5. The first-order chi connectivity index (χ1) is 15.1. The van der Waals surface area contributed by atoms with E-state index in [4.69, 9.17) is 9.72 Å². The van der Waals surface area contributed by atoms with Gasteiger partial charge in [0.05, 0.1) is 23.1 Å². The zero-order valence-electron chi connectivity index (χ0n) is 18.5. The third-order valence-electron chi connectivity index (χ3n) is 5.79. The number of ether oxygens (including phenoxy) is 1. The van der Waals surface area contributed by atoms with Crippen molar-refractivity contribution >= 4 is 17.2 Å². The van der Waals surface area contributed by atoms with Crippen LogP contribution in [0.3, 0.4) is 0 Å². The Labute approximate surface area is 187 Å². The van der Waals surface area contributed by atoms with Crippen molar-refractivity contribution in [2.45, 2.75) is 59.1 Å². The van der Waals surface area contributed by atoms with Crippen LogP contribution in [-0.4, -0.2) is 39.7 Å². The van der Waals surface area contributed by atoms with E-state index in [1.54, 1.807) is 11.3 Å². The van der Waals surface area contributed by atoms with Crippen LogP contribution in [0.25, 0.3) is 22.0 Å². The molecule has 3 aromatic rings. The van der Waals surface area contributed by atoms with Gasteiger partial charge in [0.2, 0.25) is 0 Å². The molecular formula is C24H30N4O2S. The Hall–Kier alpha value is -2.51. The lowest BCUT2D eigenvalue weighted by Gasteiger charge is -2.12. The average Bonchev–Trinajstić information content (AvgIpc) is 3.52. The fraction of sp³-hybridized carbons (Fsp3) is 0.458. The number of aromatic nitrogens is 3. The van der Waals surface area contributed by atoms with Gasteiger partial charge in [-0.1, -0.05) is 13.3 Å². The van der Waals surface area contributed by atoms with E-state index in [0.29, 0.717) is 6.54 Å². The molecule has 1 aliphatic rings. The van der Waals surface area contributed by atoms with Crippen molar-refractivity contribution in [3.8, 4) is 22.0 Å². The van der Waals surface area contributed by atoms with E-state index in [1.807, 2.05) is 32.2 Å². The number of nitrogens with one attached hydrogen (secondary N) is 1. The maximum Gasteiger partial charge on any atom is 0.253 e. The highest BCUT2D eigenvalue weighted by molar-refractivity contribution is 7.13. The second-order valence-electron chi connectivity index (χ2n) is 8.11. The summed E-state index contributed by atoms with van der Waals surface area (Å²) in [6, 6.07) is 6.04. The van der Waals surface area contributed by atoms with E-state index < -0.39 is 0 Å². The highest BCUT2D eigenvalue weighted by Crippen LogP contribution is 2.31. The van der Waals surface area contributed by atoms with Crippen LogP contribution in [0.15, 0.2) is 29.8 Å². The molecule has 4 heterocycles. The van der Waals surface area contributed by atoms with Crippen LogP contribution in [0.2, 0.25) is 0 Å². The molecule has 31 heavy (non-hydrogen) atoms. The number of thiazole rings is 1. The molecule has 1 N–H and O–H groups in total. The molecule has 1 amide bonds. The summed E-state index contributed by atoms with van der Waals surface area (Å²) in [6.45, 7) is 8.41. The van der Waals surface area contributed by atoms with Gasteiger partial charge in [-0.05, 0) is 51.3 Å². The fourth-order valence-electron chi connectivity index (χ4n) is 3.92. The Morgan fingerprint density at radius 2 is 2.23 bits per heavy atom. The van der Waals surface area contributed by atoms with E-state index in [-0.39, 0.29) is 12.0 Å². The van der Waals surface area contributed by atoms with E-state index in [9.17, 15) is 4.79 Å². The van der Waals surface area contributed by atoms with Crippen LogP contribution in [0.4, 0.5) is 0 Å². The minimum Gasteiger partial charge on any atom is -0.376 e. The molecule has 1 fully saturated rings. The number of hydrogen-bond donors (Lipinski definition) is 1. The Morgan fingerprint density at radius 3 is 2.94 bits per heavy atom. The molecule has 0 aromatic carbocycles. The number of pyridine rings is 1. The molecule has 1 atom stereocenters. The zero-order valence-corrected chi connectivity index (χ0v) is 19.3. The Bertz CT molecular complexity index is 1030. The maximum atomic E-state index is 12.9. The normalized spacial score (nSPS) is 16.0. The highest BCUT2D eigenvalue weighted by atomic mass is 32.1.